The quantitative estimate of drug-likeness (QED) is 0.415. The predicted octanol–water partition coefficient (Wildman–Crippen LogP) is 1.67. The van der Waals surface area contributed by atoms with Crippen molar-refractivity contribution >= 4 is 0 Å². The van der Waals surface area contributed by atoms with Crippen LogP contribution < -0.4 is 0 Å². The van der Waals surface area contributed by atoms with Crippen molar-refractivity contribution in [2.24, 2.45) is 0 Å². The van der Waals surface area contributed by atoms with E-state index in [-0.39, 0.29) is 13.2 Å². The highest BCUT2D eigenvalue weighted by Gasteiger charge is 2.40. The second-order valence-corrected chi connectivity index (χ2v) is 8.29. The van der Waals surface area contributed by atoms with Gasteiger partial charge in [0.25, 0.3) is 0 Å². The van der Waals surface area contributed by atoms with E-state index < -0.39 is 24.4 Å². The molecule has 0 saturated carbocycles. The number of nitriles is 1. The highest BCUT2D eigenvalue weighted by atomic mass is 16.5. The molecular weight excluding hydrogens is 408 g/mol. The Kier molecular flexibility index (Phi) is 9.18. The molecule has 172 valence electrons. The molecule has 1 unspecified atom stereocenters. The minimum atomic E-state index is -1.21. The number of hydrogen-bond acceptors (Lipinski definition) is 7. The first-order chi connectivity index (χ1) is 15.5. The van der Waals surface area contributed by atoms with Crippen LogP contribution in [0.5, 0.6) is 0 Å². The van der Waals surface area contributed by atoms with Gasteiger partial charge in [-0.05, 0) is 54.6 Å². The van der Waals surface area contributed by atoms with E-state index in [1.807, 2.05) is 41.3 Å². The summed E-state index contributed by atoms with van der Waals surface area (Å²) in [7, 11) is 0. The van der Waals surface area contributed by atoms with Crippen LogP contribution in [0.4, 0.5) is 0 Å². The van der Waals surface area contributed by atoms with E-state index in [4.69, 9.17) is 10.00 Å². The first-order valence-corrected chi connectivity index (χ1v) is 11.1. The zero-order valence-corrected chi connectivity index (χ0v) is 18.2. The van der Waals surface area contributed by atoms with Crippen molar-refractivity contribution in [2.75, 3.05) is 26.3 Å². The zero-order valence-electron chi connectivity index (χ0n) is 18.2. The van der Waals surface area contributed by atoms with Gasteiger partial charge in [0.15, 0.2) is 0 Å². The summed E-state index contributed by atoms with van der Waals surface area (Å²) in [5.74, 6) is 0. The highest BCUT2D eigenvalue weighted by Crippen LogP contribution is 2.21. The van der Waals surface area contributed by atoms with Crippen LogP contribution in [0.1, 0.15) is 30.4 Å². The number of benzene rings is 2. The lowest BCUT2D eigenvalue weighted by atomic mass is 9.94. The van der Waals surface area contributed by atoms with Crippen molar-refractivity contribution in [2.45, 2.75) is 50.2 Å². The van der Waals surface area contributed by atoms with E-state index in [9.17, 15) is 20.4 Å². The molecule has 2 aromatic carbocycles. The third-order valence-corrected chi connectivity index (χ3v) is 6.02. The highest BCUT2D eigenvalue weighted by molar-refractivity contribution is 5.64. The molecule has 0 amide bonds. The van der Waals surface area contributed by atoms with Crippen LogP contribution in [0.3, 0.4) is 0 Å². The number of rotatable bonds is 10. The van der Waals surface area contributed by atoms with Gasteiger partial charge < -0.3 is 25.2 Å². The number of aliphatic hydroxyl groups excluding tert-OH is 4. The summed E-state index contributed by atoms with van der Waals surface area (Å²) < 4.78 is 5.78. The van der Waals surface area contributed by atoms with E-state index >= 15 is 0 Å². The molecule has 1 heterocycles. The fourth-order valence-corrected chi connectivity index (χ4v) is 4.05. The van der Waals surface area contributed by atoms with Gasteiger partial charge in [-0.25, -0.2) is 0 Å². The van der Waals surface area contributed by atoms with E-state index in [0.29, 0.717) is 25.3 Å². The Morgan fingerprint density at radius 2 is 1.56 bits per heavy atom. The maximum Gasteiger partial charge on any atom is 0.109 e. The monoisotopic (exact) mass is 440 g/mol. The molecule has 1 aliphatic heterocycles. The Balaban J connectivity index is 1.33. The topological polar surface area (TPSA) is 117 Å². The SMILES string of the molecule is N#Cc1ccc(-c2ccc(COCCCCCN3C[C@H](O)C(O)[C@H](O)[C@H]3CO)cc2)cc1. The predicted molar refractivity (Wildman–Crippen MR) is 121 cm³/mol. The average molecular weight is 441 g/mol. The molecule has 7 nitrogen and oxygen atoms in total. The summed E-state index contributed by atoms with van der Waals surface area (Å²) in [6.45, 7) is 1.83. The smallest absolute Gasteiger partial charge is 0.109 e. The minimum absolute atomic E-state index is 0.248. The standard InChI is InChI=1S/C25H32N2O5/c26-14-18-4-8-20(9-5-18)21-10-6-19(7-11-21)17-32-13-3-1-2-12-27-15-23(29)25(31)24(30)22(27)16-28/h4-11,22-25,28-31H,1-3,12-13,15-17H2/t22-,23+,24-,25?/m1/s1. The number of aliphatic hydroxyl groups is 4. The molecule has 0 radical (unpaired) electrons. The van der Waals surface area contributed by atoms with Crippen molar-refractivity contribution in [3.05, 3.63) is 59.7 Å². The summed E-state index contributed by atoms with van der Waals surface area (Å²) >= 11 is 0. The molecule has 0 bridgehead atoms. The molecule has 4 atom stereocenters. The molecule has 1 aliphatic rings. The number of β-amino-alcohol motifs (C(OH)–C–C–N with tert-alkyl or cyclic N) is 1. The van der Waals surface area contributed by atoms with Crippen LogP contribution in [-0.4, -0.2) is 76.0 Å². The molecule has 0 spiro atoms. The number of likely N-dealkylation sites (tertiary alicyclic amines) is 1. The third kappa shape index (κ3) is 6.36. The molecule has 1 fully saturated rings. The summed E-state index contributed by atoms with van der Waals surface area (Å²) in [6, 6.07) is 17.3. The number of ether oxygens (including phenoxy) is 1. The molecular formula is C25H32N2O5. The first kappa shape index (κ1) is 24.3. The first-order valence-electron chi connectivity index (χ1n) is 11.1. The minimum Gasteiger partial charge on any atom is -0.395 e. The summed E-state index contributed by atoms with van der Waals surface area (Å²) in [4.78, 5) is 1.85. The summed E-state index contributed by atoms with van der Waals surface area (Å²) in [6.07, 6.45) is -0.672. The van der Waals surface area contributed by atoms with Crippen LogP contribution in [0, 0.1) is 11.3 Å². The Hall–Kier alpha value is -2.31. The lowest BCUT2D eigenvalue weighted by Crippen LogP contribution is -2.62. The third-order valence-electron chi connectivity index (χ3n) is 6.02. The lowest BCUT2D eigenvalue weighted by molar-refractivity contribution is -0.145. The lowest BCUT2D eigenvalue weighted by Gasteiger charge is -2.43. The molecule has 0 aromatic heterocycles. The Bertz CT molecular complexity index is 865. The number of hydrogen-bond donors (Lipinski definition) is 4. The van der Waals surface area contributed by atoms with Crippen LogP contribution in [-0.2, 0) is 11.3 Å². The molecule has 4 N–H and O–H groups in total. The van der Waals surface area contributed by atoms with Crippen molar-refractivity contribution in [1.82, 2.24) is 4.90 Å². The largest absolute Gasteiger partial charge is 0.395 e. The van der Waals surface area contributed by atoms with Gasteiger partial charge in [0.2, 0.25) is 0 Å². The van der Waals surface area contributed by atoms with Gasteiger partial charge in [-0.1, -0.05) is 36.4 Å². The molecule has 3 rings (SSSR count). The van der Waals surface area contributed by atoms with Crippen molar-refractivity contribution in [1.29, 1.82) is 5.26 Å². The van der Waals surface area contributed by atoms with E-state index in [1.165, 1.54) is 0 Å². The van der Waals surface area contributed by atoms with Crippen molar-refractivity contribution in [3.8, 4) is 17.2 Å². The second kappa shape index (κ2) is 12.1. The van der Waals surface area contributed by atoms with Gasteiger partial charge in [-0.15, -0.1) is 0 Å². The Labute approximate surface area is 189 Å². The molecule has 2 aromatic rings. The van der Waals surface area contributed by atoms with E-state index in [0.717, 1.165) is 36.0 Å². The second-order valence-electron chi connectivity index (χ2n) is 8.29. The van der Waals surface area contributed by atoms with Gasteiger partial charge in [-0.3, -0.25) is 4.90 Å². The average Bonchev–Trinajstić information content (AvgIpc) is 2.82. The van der Waals surface area contributed by atoms with Crippen molar-refractivity contribution < 1.29 is 25.2 Å². The summed E-state index contributed by atoms with van der Waals surface area (Å²) in [5, 5.41) is 48.0. The van der Waals surface area contributed by atoms with Gasteiger partial charge in [0.05, 0.1) is 37.0 Å². The molecule has 7 heteroatoms. The van der Waals surface area contributed by atoms with Crippen LogP contribution in [0.2, 0.25) is 0 Å². The van der Waals surface area contributed by atoms with Gasteiger partial charge in [0.1, 0.15) is 12.2 Å². The molecule has 0 aliphatic carbocycles. The van der Waals surface area contributed by atoms with Gasteiger partial charge in [0, 0.05) is 13.2 Å². The Morgan fingerprint density at radius 3 is 2.19 bits per heavy atom. The molecule has 32 heavy (non-hydrogen) atoms. The fraction of sp³-hybridized carbons (Fsp3) is 0.480. The fourth-order valence-electron chi connectivity index (χ4n) is 4.05. The van der Waals surface area contributed by atoms with Crippen LogP contribution in [0.15, 0.2) is 48.5 Å². The van der Waals surface area contributed by atoms with Crippen molar-refractivity contribution in [3.63, 3.8) is 0 Å². The van der Waals surface area contributed by atoms with Gasteiger partial charge >= 0.3 is 0 Å². The van der Waals surface area contributed by atoms with Crippen LogP contribution in [0.25, 0.3) is 11.1 Å². The summed E-state index contributed by atoms with van der Waals surface area (Å²) in [5.41, 5.74) is 3.92. The zero-order chi connectivity index (χ0) is 22.9. The molecule has 1 saturated heterocycles. The van der Waals surface area contributed by atoms with Crippen LogP contribution >= 0.6 is 0 Å². The number of piperidine rings is 1. The van der Waals surface area contributed by atoms with E-state index in [2.05, 4.69) is 18.2 Å². The normalized spacial score (nSPS) is 23.7. The maximum absolute atomic E-state index is 10.0. The number of unbranched alkanes of at least 4 members (excludes halogenated alkanes) is 2. The maximum atomic E-state index is 10.0. The Morgan fingerprint density at radius 1 is 0.906 bits per heavy atom. The van der Waals surface area contributed by atoms with E-state index in [1.54, 1.807) is 0 Å². The van der Waals surface area contributed by atoms with Gasteiger partial charge in [-0.2, -0.15) is 5.26 Å². The number of nitrogens with zero attached hydrogens (tertiary/aromatic N) is 2.